The summed E-state index contributed by atoms with van der Waals surface area (Å²) >= 11 is 0. The van der Waals surface area contributed by atoms with E-state index in [1.165, 1.54) is 6.07 Å². The van der Waals surface area contributed by atoms with Crippen molar-refractivity contribution in [3.8, 4) is 11.5 Å². The van der Waals surface area contributed by atoms with Gasteiger partial charge in [-0.1, -0.05) is 12.1 Å². The minimum atomic E-state index is -0.574. The maximum Gasteiger partial charge on any atom is 0.241 e. The van der Waals surface area contributed by atoms with Crippen LogP contribution in [-0.2, 0) is 4.79 Å². The Bertz CT molecular complexity index is 1160. The molecular weight excluding hydrogens is 391 g/mol. The summed E-state index contributed by atoms with van der Waals surface area (Å²) in [6, 6.07) is 7.89. The standard InChI is InChI=1S/C21H19FN4O4/c22-14-8-16-13(7-17(14)24-21(28)18-6-12(27)9-23-18)15(25-26-16)3-1-11-2-4-19-20(5-11)30-10-29-19/h1-5,7-8,12,18,23,27H,6,9-10H2,(H,24,28)(H,25,26)/t12-,18+/m1/s1. The summed E-state index contributed by atoms with van der Waals surface area (Å²) in [6.45, 7) is 0.554. The maximum atomic E-state index is 14.5. The first-order valence-electron chi connectivity index (χ1n) is 9.54. The third-order valence-electron chi connectivity index (χ3n) is 5.19. The van der Waals surface area contributed by atoms with Crippen LogP contribution in [0.25, 0.3) is 23.1 Å². The van der Waals surface area contributed by atoms with E-state index < -0.39 is 18.0 Å². The molecule has 0 bridgehead atoms. The van der Waals surface area contributed by atoms with E-state index in [-0.39, 0.29) is 18.4 Å². The molecule has 9 heteroatoms. The average molecular weight is 410 g/mol. The third kappa shape index (κ3) is 3.49. The number of amides is 1. The van der Waals surface area contributed by atoms with Crippen LogP contribution in [0.2, 0.25) is 0 Å². The van der Waals surface area contributed by atoms with Gasteiger partial charge in [0, 0.05) is 18.0 Å². The van der Waals surface area contributed by atoms with Gasteiger partial charge in [-0.3, -0.25) is 9.89 Å². The number of halogens is 1. The molecule has 8 nitrogen and oxygen atoms in total. The molecule has 0 aliphatic carbocycles. The SMILES string of the molecule is O=C(Nc1cc2c(C=Cc3ccc4c(c3)OCO4)n[nH]c2cc1F)[C@@H]1C[C@@H](O)CN1. The van der Waals surface area contributed by atoms with Crippen LogP contribution in [0.1, 0.15) is 17.7 Å². The predicted octanol–water partition coefficient (Wildman–Crippen LogP) is 2.26. The van der Waals surface area contributed by atoms with Crippen molar-refractivity contribution in [1.29, 1.82) is 0 Å². The van der Waals surface area contributed by atoms with Crippen LogP contribution >= 0.6 is 0 Å². The Balaban J connectivity index is 1.40. The van der Waals surface area contributed by atoms with Crippen LogP contribution < -0.4 is 20.1 Å². The number of ether oxygens (including phenoxy) is 2. The number of rotatable bonds is 4. The Morgan fingerprint density at radius 2 is 2.10 bits per heavy atom. The molecule has 1 saturated heterocycles. The van der Waals surface area contributed by atoms with Crippen LogP contribution in [-0.4, -0.2) is 46.7 Å². The van der Waals surface area contributed by atoms with Gasteiger partial charge in [-0.2, -0.15) is 5.10 Å². The first-order valence-corrected chi connectivity index (χ1v) is 9.54. The minimum Gasteiger partial charge on any atom is -0.454 e. The normalized spacial score (nSPS) is 20.3. The number of aromatic amines is 1. The number of aliphatic hydroxyl groups excluding tert-OH is 1. The van der Waals surface area contributed by atoms with Gasteiger partial charge in [0.1, 0.15) is 5.82 Å². The van der Waals surface area contributed by atoms with Gasteiger partial charge < -0.3 is 25.2 Å². The van der Waals surface area contributed by atoms with E-state index in [1.54, 1.807) is 12.1 Å². The van der Waals surface area contributed by atoms with Crippen LogP contribution in [0.3, 0.4) is 0 Å². The van der Waals surface area contributed by atoms with E-state index in [0.717, 1.165) is 5.56 Å². The van der Waals surface area contributed by atoms with Crippen molar-refractivity contribution >= 4 is 34.6 Å². The van der Waals surface area contributed by atoms with Crippen molar-refractivity contribution in [2.24, 2.45) is 0 Å². The molecule has 1 fully saturated rings. The zero-order valence-corrected chi connectivity index (χ0v) is 15.8. The van der Waals surface area contributed by atoms with E-state index in [0.29, 0.717) is 41.1 Å². The van der Waals surface area contributed by atoms with E-state index in [1.807, 2.05) is 24.3 Å². The molecule has 3 heterocycles. The predicted molar refractivity (Wildman–Crippen MR) is 109 cm³/mol. The van der Waals surface area contributed by atoms with E-state index in [2.05, 4.69) is 20.8 Å². The van der Waals surface area contributed by atoms with Gasteiger partial charge in [-0.15, -0.1) is 0 Å². The second-order valence-electron chi connectivity index (χ2n) is 7.27. The molecule has 3 aromatic rings. The van der Waals surface area contributed by atoms with Gasteiger partial charge in [-0.25, -0.2) is 4.39 Å². The Labute approximate surface area is 170 Å². The number of benzene rings is 2. The number of nitrogens with zero attached hydrogens (tertiary/aromatic N) is 1. The van der Waals surface area contributed by atoms with Crippen molar-refractivity contribution < 1.29 is 23.8 Å². The maximum absolute atomic E-state index is 14.5. The first kappa shape index (κ1) is 18.6. The highest BCUT2D eigenvalue weighted by molar-refractivity contribution is 5.98. The number of nitrogens with one attached hydrogen (secondary N) is 3. The zero-order valence-electron chi connectivity index (χ0n) is 15.8. The lowest BCUT2D eigenvalue weighted by atomic mass is 10.1. The number of anilines is 1. The molecule has 2 aliphatic heterocycles. The van der Waals surface area contributed by atoms with Crippen molar-refractivity contribution in [2.75, 3.05) is 18.7 Å². The summed E-state index contributed by atoms with van der Waals surface area (Å²) in [4.78, 5) is 12.4. The highest BCUT2D eigenvalue weighted by Gasteiger charge is 2.28. The molecular formula is C21H19FN4O4. The number of aliphatic hydroxyl groups is 1. The number of carbonyl (C=O) groups is 1. The molecule has 2 aromatic carbocycles. The molecule has 1 amide bonds. The summed E-state index contributed by atoms with van der Waals surface area (Å²) in [7, 11) is 0. The third-order valence-corrected chi connectivity index (χ3v) is 5.19. The molecule has 154 valence electrons. The van der Waals surface area contributed by atoms with Gasteiger partial charge in [-0.05, 0) is 36.3 Å². The summed E-state index contributed by atoms with van der Waals surface area (Å²) in [5.41, 5.74) is 2.09. The lowest BCUT2D eigenvalue weighted by molar-refractivity contribution is -0.118. The second kappa shape index (κ2) is 7.43. The molecule has 2 atom stereocenters. The lowest BCUT2D eigenvalue weighted by Crippen LogP contribution is -2.35. The molecule has 0 radical (unpaired) electrons. The largest absolute Gasteiger partial charge is 0.454 e. The number of aromatic nitrogens is 2. The molecule has 30 heavy (non-hydrogen) atoms. The highest BCUT2D eigenvalue weighted by atomic mass is 19.1. The van der Waals surface area contributed by atoms with Crippen LogP contribution in [0, 0.1) is 5.82 Å². The summed E-state index contributed by atoms with van der Waals surface area (Å²) < 4.78 is 25.1. The Morgan fingerprint density at radius 1 is 1.23 bits per heavy atom. The number of hydrogen-bond donors (Lipinski definition) is 4. The highest BCUT2D eigenvalue weighted by Crippen LogP contribution is 2.33. The van der Waals surface area contributed by atoms with E-state index >= 15 is 0 Å². The molecule has 1 aromatic heterocycles. The lowest BCUT2D eigenvalue weighted by Gasteiger charge is -2.12. The number of hydrogen-bond acceptors (Lipinski definition) is 6. The Morgan fingerprint density at radius 3 is 2.93 bits per heavy atom. The van der Waals surface area contributed by atoms with Gasteiger partial charge >= 0.3 is 0 Å². The molecule has 2 aliphatic rings. The molecule has 0 unspecified atom stereocenters. The van der Waals surface area contributed by atoms with Crippen LogP contribution in [0.4, 0.5) is 10.1 Å². The van der Waals surface area contributed by atoms with Crippen LogP contribution in [0.15, 0.2) is 30.3 Å². The summed E-state index contributed by atoms with van der Waals surface area (Å²) in [6.07, 6.45) is 3.39. The zero-order chi connectivity index (χ0) is 20.7. The van der Waals surface area contributed by atoms with Gasteiger partial charge in [0.05, 0.1) is 29.0 Å². The van der Waals surface area contributed by atoms with Crippen molar-refractivity contribution in [3.63, 3.8) is 0 Å². The van der Waals surface area contributed by atoms with Crippen molar-refractivity contribution in [2.45, 2.75) is 18.6 Å². The smallest absolute Gasteiger partial charge is 0.241 e. The number of H-pyrrole nitrogens is 1. The second-order valence-corrected chi connectivity index (χ2v) is 7.27. The van der Waals surface area contributed by atoms with E-state index in [4.69, 9.17) is 9.47 Å². The number of β-amino-alcohol motifs (C(OH)–C–C–N with tert-alkyl or cyclic N) is 1. The fourth-order valence-corrected chi connectivity index (χ4v) is 3.61. The number of fused-ring (bicyclic) bond motifs is 2. The first-order chi connectivity index (χ1) is 14.6. The van der Waals surface area contributed by atoms with Gasteiger partial charge in [0.15, 0.2) is 11.5 Å². The minimum absolute atomic E-state index is 0.0646. The Kier molecular flexibility index (Phi) is 4.61. The Hall–Kier alpha value is -3.43. The topological polar surface area (TPSA) is 109 Å². The molecule has 5 rings (SSSR count). The summed E-state index contributed by atoms with van der Waals surface area (Å²) in [5.74, 6) is 0.439. The fraction of sp³-hybridized carbons (Fsp3) is 0.238. The van der Waals surface area contributed by atoms with Crippen molar-refractivity contribution in [3.05, 3.63) is 47.4 Å². The fourth-order valence-electron chi connectivity index (χ4n) is 3.61. The number of carbonyl (C=O) groups excluding carboxylic acids is 1. The monoisotopic (exact) mass is 410 g/mol. The molecule has 0 saturated carbocycles. The quantitative estimate of drug-likeness (QED) is 0.526. The van der Waals surface area contributed by atoms with Gasteiger partial charge in [0.2, 0.25) is 12.7 Å². The molecule has 4 N–H and O–H groups in total. The van der Waals surface area contributed by atoms with E-state index in [9.17, 15) is 14.3 Å². The average Bonchev–Trinajstić information content (AvgIpc) is 3.46. The van der Waals surface area contributed by atoms with Gasteiger partial charge in [0.25, 0.3) is 0 Å². The summed E-state index contributed by atoms with van der Waals surface area (Å²) in [5, 5.41) is 22.8. The van der Waals surface area contributed by atoms with Crippen molar-refractivity contribution in [1.82, 2.24) is 15.5 Å². The van der Waals surface area contributed by atoms with Crippen LogP contribution in [0.5, 0.6) is 11.5 Å². The molecule has 0 spiro atoms.